The van der Waals surface area contributed by atoms with Crippen LogP contribution in [-0.2, 0) is 0 Å². The van der Waals surface area contributed by atoms with E-state index >= 15 is 0 Å². The number of benzene rings is 9. The first-order chi connectivity index (χ1) is 32.3. The Morgan fingerprint density at radius 2 is 0.938 bits per heavy atom. The predicted octanol–water partition coefficient (Wildman–Crippen LogP) is 15.6. The molecular weight excluding hydrogens is 793 g/mol. The van der Waals surface area contributed by atoms with E-state index in [-0.39, 0.29) is 6.04 Å². The standard InChI is InChI=1S/C60H38N4O/c1-2-14-37(15-3-1)61-55-31-27-39(63-52-23-11-6-18-43(52)44-19-7-12-24-53(44)63)36-49(55)59-56(61)32-29-46-47-34-38(62-50-21-9-4-16-41(50)42-17-5-10-22-51(42)62)26-30-54(47)64(60(46)59)40-28-33-58-48(35-40)45-20-8-13-25-57(45)65-58/h1-36,43,52H. The SMILES string of the molecule is C1=CC2c3ccccc3N(c3ccc4c(c3)c3c(ccc5c6cc(-n7c8ccccc8c8ccccc87)ccc6n(-c6ccc7oc8ccccc8c7c6)c53)n4-c3ccccc3)C2C=C1. The zero-order valence-corrected chi connectivity index (χ0v) is 35.1. The molecule has 13 aromatic rings. The minimum atomic E-state index is 0.194. The number of anilines is 2. The van der Waals surface area contributed by atoms with Crippen molar-refractivity contribution in [2.45, 2.75) is 12.0 Å². The first-order valence-corrected chi connectivity index (χ1v) is 22.5. The van der Waals surface area contributed by atoms with E-state index < -0.39 is 0 Å². The average molecular weight is 831 g/mol. The van der Waals surface area contributed by atoms with Crippen LogP contribution in [0.5, 0.6) is 0 Å². The van der Waals surface area contributed by atoms with E-state index in [4.69, 9.17) is 4.42 Å². The summed E-state index contributed by atoms with van der Waals surface area (Å²) in [4.78, 5) is 2.55. The Morgan fingerprint density at radius 1 is 0.354 bits per heavy atom. The van der Waals surface area contributed by atoms with Crippen molar-refractivity contribution in [2.24, 2.45) is 0 Å². The number of para-hydroxylation sites is 5. The van der Waals surface area contributed by atoms with E-state index in [2.05, 4.69) is 231 Å². The number of allylic oxidation sites excluding steroid dienone is 2. The molecule has 304 valence electrons. The maximum absolute atomic E-state index is 6.40. The third kappa shape index (κ3) is 4.76. The van der Waals surface area contributed by atoms with Gasteiger partial charge in [-0.25, -0.2) is 0 Å². The maximum atomic E-state index is 6.40. The van der Waals surface area contributed by atoms with Gasteiger partial charge >= 0.3 is 0 Å². The van der Waals surface area contributed by atoms with Gasteiger partial charge in [-0.15, -0.1) is 0 Å². The topological polar surface area (TPSA) is 31.2 Å². The molecule has 65 heavy (non-hydrogen) atoms. The van der Waals surface area contributed by atoms with E-state index in [1.165, 1.54) is 71.3 Å². The molecule has 2 aliphatic rings. The number of fused-ring (bicyclic) bond motifs is 16. The van der Waals surface area contributed by atoms with Crippen molar-refractivity contribution in [2.75, 3.05) is 4.90 Å². The minimum absolute atomic E-state index is 0.194. The summed E-state index contributed by atoms with van der Waals surface area (Å²) < 4.78 is 13.8. The van der Waals surface area contributed by atoms with Crippen molar-refractivity contribution < 1.29 is 4.42 Å². The first kappa shape index (κ1) is 35.0. The predicted molar refractivity (Wildman–Crippen MR) is 270 cm³/mol. The van der Waals surface area contributed by atoms with Crippen molar-refractivity contribution in [1.29, 1.82) is 0 Å². The van der Waals surface area contributed by atoms with Gasteiger partial charge in [-0.1, -0.05) is 121 Å². The molecule has 0 fully saturated rings. The number of hydrogen-bond donors (Lipinski definition) is 0. The third-order valence-corrected chi connectivity index (χ3v) is 14.3. The molecule has 0 N–H and O–H groups in total. The fraction of sp³-hybridized carbons (Fsp3) is 0.0333. The van der Waals surface area contributed by atoms with E-state index in [0.717, 1.165) is 50.0 Å². The summed E-state index contributed by atoms with van der Waals surface area (Å²) in [5.74, 6) is 0.296. The molecular formula is C60H38N4O. The van der Waals surface area contributed by atoms with E-state index in [1.807, 2.05) is 6.07 Å². The quantitative estimate of drug-likeness (QED) is 0.177. The molecule has 15 rings (SSSR count). The van der Waals surface area contributed by atoms with Crippen LogP contribution < -0.4 is 4.90 Å². The molecule has 0 spiro atoms. The van der Waals surface area contributed by atoms with Crippen LogP contribution in [0.25, 0.3) is 104 Å². The van der Waals surface area contributed by atoms with Gasteiger partial charge in [-0.2, -0.15) is 0 Å². The Kier molecular flexibility index (Phi) is 7.00. The monoisotopic (exact) mass is 830 g/mol. The molecule has 9 aromatic carbocycles. The molecule has 4 aromatic heterocycles. The van der Waals surface area contributed by atoms with Crippen LogP contribution in [0.3, 0.4) is 0 Å². The Balaban J connectivity index is 1.08. The third-order valence-electron chi connectivity index (χ3n) is 14.3. The Hall–Kier alpha value is -8.54. The van der Waals surface area contributed by atoms with Crippen molar-refractivity contribution in [3.63, 3.8) is 0 Å². The van der Waals surface area contributed by atoms with Gasteiger partial charge < -0.3 is 23.0 Å². The summed E-state index contributed by atoms with van der Waals surface area (Å²) >= 11 is 0. The zero-order chi connectivity index (χ0) is 42.3. The molecule has 0 saturated carbocycles. The van der Waals surface area contributed by atoms with Crippen LogP contribution in [0.2, 0.25) is 0 Å². The summed E-state index contributed by atoms with van der Waals surface area (Å²) in [6, 6.07) is 71.5. The first-order valence-electron chi connectivity index (χ1n) is 22.5. The van der Waals surface area contributed by atoms with Crippen molar-refractivity contribution in [3.05, 3.63) is 224 Å². The highest BCUT2D eigenvalue weighted by Crippen LogP contribution is 2.50. The highest BCUT2D eigenvalue weighted by atomic mass is 16.3. The van der Waals surface area contributed by atoms with Crippen molar-refractivity contribution >= 4 is 98.7 Å². The lowest BCUT2D eigenvalue weighted by atomic mass is 9.91. The summed E-state index contributed by atoms with van der Waals surface area (Å²) in [5.41, 5.74) is 16.0. The lowest BCUT2D eigenvalue weighted by Gasteiger charge is -2.28. The molecule has 1 aliphatic carbocycles. The molecule has 5 heteroatoms. The van der Waals surface area contributed by atoms with Crippen molar-refractivity contribution in [3.8, 4) is 17.1 Å². The van der Waals surface area contributed by atoms with Gasteiger partial charge in [0, 0.05) is 77.4 Å². The van der Waals surface area contributed by atoms with Gasteiger partial charge in [0.25, 0.3) is 0 Å². The maximum Gasteiger partial charge on any atom is 0.135 e. The highest BCUT2D eigenvalue weighted by molar-refractivity contribution is 6.27. The fourth-order valence-electron chi connectivity index (χ4n) is 11.6. The number of nitrogens with zero attached hydrogens (tertiary/aromatic N) is 4. The van der Waals surface area contributed by atoms with Crippen LogP contribution in [0.4, 0.5) is 11.4 Å². The van der Waals surface area contributed by atoms with Crippen LogP contribution in [0.1, 0.15) is 11.5 Å². The van der Waals surface area contributed by atoms with Crippen LogP contribution in [0, 0.1) is 0 Å². The summed E-state index contributed by atoms with van der Waals surface area (Å²) in [6.45, 7) is 0. The van der Waals surface area contributed by atoms with Gasteiger partial charge in [0.05, 0.1) is 39.1 Å². The summed E-state index contributed by atoms with van der Waals surface area (Å²) in [6.07, 6.45) is 9.13. The van der Waals surface area contributed by atoms with Crippen molar-refractivity contribution in [1.82, 2.24) is 13.7 Å². The fourth-order valence-corrected chi connectivity index (χ4v) is 11.6. The Morgan fingerprint density at radius 3 is 1.78 bits per heavy atom. The second-order valence-electron chi connectivity index (χ2n) is 17.6. The minimum Gasteiger partial charge on any atom is -0.456 e. The van der Waals surface area contributed by atoms with E-state index in [9.17, 15) is 0 Å². The molecule has 1 aliphatic heterocycles. The lowest BCUT2D eigenvalue weighted by Crippen LogP contribution is -2.28. The van der Waals surface area contributed by atoms with Gasteiger partial charge in [0.15, 0.2) is 0 Å². The van der Waals surface area contributed by atoms with Crippen LogP contribution >= 0.6 is 0 Å². The molecule has 2 atom stereocenters. The summed E-state index contributed by atoms with van der Waals surface area (Å²) in [7, 11) is 0. The normalized spacial score (nSPS) is 15.8. The molecule has 0 saturated heterocycles. The Bertz CT molecular complexity index is 4160. The van der Waals surface area contributed by atoms with E-state index in [0.29, 0.717) is 5.92 Å². The average Bonchev–Trinajstić information content (AvgIpc) is 4.16. The van der Waals surface area contributed by atoms with Crippen LogP contribution in [0.15, 0.2) is 223 Å². The van der Waals surface area contributed by atoms with Gasteiger partial charge in [-0.05, 0) is 103 Å². The molecule has 5 heterocycles. The van der Waals surface area contributed by atoms with E-state index in [1.54, 1.807) is 0 Å². The molecule has 0 radical (unpaired) electrons. The molecule has 0 bridgehead atoms. The van der Waals surface area contributed by atoms with Gasteiger partial charge in [0.1, 0.15) is 11.2 Å². The second kappa shape index (κ2) is 13.0. The zero-order valence-electron chi connectivity index (χ0n) is 35.1. The number of aromatic nitrogens is 3. The molecule has 5 nitrogen and oxygen atoms in total. The lowest BCUT2D eigenvalue weighted by molar-refractivity contribution is 0.669. The largest absolute Gasteiger partial charge is 0.456 e. The Labute approximate surface area is 373 Å². The number of rotatable bonds is 4. The van der Waals surface area contributed by atoms with Gasteiger partial charge in [0.2, 0.25) is 0 Å². The number of hydrogen-bond acceptors (Lipinski definition) is 2. The highest BCUT2D eigenvalue weighted by Gasteiger charge is 2.37. The molecule has 0 amide bonds. The summed E-state index contributed by atoms with van der Waals surface area (Å²) in [5, 5.41) is 9.57. The second-order valence-corrected chi connectivity index (χ2v) is 17.6. The van der Waals surface area contributed by atoms with Crippen LogP contribution in [-0.4, -0.2) is 19.7 Å². The smallest absolute Gasteiger partial charge is 0.135 e. The van der Waals surface area contributed by atoms with Gasteiger partial charge in [-0.3, -0.25) is 0 Å². The molecule has 2 unspecified atom stereocenters. The number of furan rings is 1.